The van der Waals surface area contributed by atoms with Crippen LogP contribution < -0.4 is 5.32 Å². The van der Waals surface area contributed by atoms with Crippen molar-refractivity contribution in [2.24, 2.45) is 7.05 Å². The highest BCUT2D eigenvalue weighted by molar-refractivity contribution is 8.00. The predicted octanol–water partition coefficient (Wildman–Crippen LogP) is 2.80. The summed E-state index contributed by atoms with van der Waals surface area (Å²) < 4.78 is 12.1. The Labute approximate surface area is 142 Å². The zero-order valence-corrected chi connectivity index (χ0v) is 14.5. The van der Waals surface area contributed by atoms with E-state index in [2.05, 4.69) is 20.7 Å². The van der Waals surface area contributed by atoms with Crippen molar-refractivity contribution < 1.29 is 13.7 Å². The van der Waals surface area contributed by atoms with Crippen LogP contribution >= 0.6 is 11.8 Å². The van der Waals surface area contributed by atoms with Crippen LogP contribution in [0.2, 0.25) is 0 Å². The third-order valence-electron chi connectivity index (χ3n) is 3.47. The van der Waals surface area contributed by atoms with Gasteiger partial charge in [-0.15, -0.1) is 10.2 Å². The Hall–Kier alpha value is -2.55. The number of nitrogens with one attached hydrogen (secondary N) is 1. The summed E-state index contributed by atoms with van der Waals surface area (Å²) in [6.45, 7) is 5.43. The maximum atomic E-state index is 12.2. The number of hydrogen-bond donors (Lipinski definition) is 1. The van der Waals surface area contributed by atoms with E-state index in [4.69, 9.17) is 8.94 Å². The van der Waals surface area contributed by atoms with Gasteiger partial charge in [-0.3, -0.25) is 4.79 Å². The number of anilines is 1. The summed E-state index contributed by atoms with van der Waals surface area (Å²) in [5, 5.41) is 15.1. The topological polar surface area (TPSA) is 99.0 Å². The lowest BCUT2D eigenvalue weighted by Gasteiger charge is -2.09. The standard InChI is InChI=1S/C15H17N5O3S/c1-8-7-12(19-23-8)16-14(21)10(3)24-15-18-17-13(20(15)4)11-5-6-22-9(11)2/h5-7,10H,1-4H3,(H,16,19,21)/t10-/m1/s1. The fourth-order valence-electron chi connectivity index (χ4n) is 2.13. The largest absolute Gasteiger partial charge is 0.469 e. The maximum absolute atomic E-state index is 12.2. The molecule has 0 aliphatic rings. The first-order valence-corrected chi connectivity index (χ1v) is 8.18. The van der Waals surface area contributed by atoms with E-state index < -0.39 is 0 Å². The van der Waals surface area contributed by atoms with E-state index in [-0.39, 0.29) is 11.2 Å². The first-order valence-electron chi connectivity index (χ1n) is 7.30. The summed E-state index contributed by atoms with van der Waals surface area (Å²) in [5.41, 5.74) is 0.882. The molecule has 0 aliphatic carbocycles. The molecule has 3 aromatic heterocycles. The minimum atomic E-state index is -0.372. The van der Waals surface area contributed by atoms with E-state index in [1.165, 1.54) is 11.8 Å². The van der Waals surface area contributed by atoms with E-state index in [0.29, 0.717) is 22.6 Å². The SMILES string of the molecule is Cc1cc(NC(=O)[C@@H](C)Sc2nnc(-c3ccoc3C)n2C)no1. The second kappa shape index (κ2) is 6.52. The van der Waals surface area contributed by atoms with E-state index in [0.717, 1.165) is 11.3 Å². The van der Waals surface area contributed by atoms with Crippen molar-refractivity contribution in [3.05, 3.63) is 29.9 Å². The van der Waals surface area contributed by atoms with Gasteiger partial charge in [-0.05, 0) is 26.8 Å². The molecule has 126 valence electrons. The van der Waals surface area contributed by atoms with E-state index in [9.17, 15) is 4.79 Å². The molecule has 0 unspecified atom stereocenters. The van der Waals surface area contributed by atoms with Crippen LogP contribution in [0.15, 0.2) is 32.5 Å². The third kappa shape index (κ3) is 3.21. The van der Waals surface area contributed by atoms with Crippen molar-refractivity contribution in [1.82, 2.24) is 19.9 Å². The molecule has 0 aromatic carbocycles. The van der Waals surface area contributed by atoms with Crippen LogP contribution in [0.4, 0.5) is 5.82 Å². The average molecular weight is 347 g/mol. The molecule has 24 heavy (non-hydrogen) atoms. The number of aromatic nitrogens is 4. The number of rotatable bonds is 5. The first kappa shape index (κ1) is 16.3. The smallest absolute Gasteiger partial charge is 0.238 e. The van der Waals surface area contributed by atoms with Crippen molar-refractivity contribution in [3.63, 3.8) is 0 Å². The number of carbonyl (C=O) groups excluding carboxylic acids is 1. The minimum absolute atomic E-state index is 0.183. The molecule has 3 aromatic rings. The molecule has 0 saturated heterocycles. The van der Waals surface area contributed by atoms with Crippen molar-refractivity contribution in [3.8, 4) is 11.4 Å². The number of thioether (sulfide) groups is 1. The van der Waals surface area contributed by atoms with Gasteiger partial charge in [0.1, 0.15) is 11.5 Å². The number of aryl methyl sites for hydroxylation is 2. The fraction of sp³-hybridized carbons (Fsp3) is 0.333. The number of hydrogen-bond acceptors (Lipinski definition) is 7. The van der Waals surface area contributed by atoms with Gasteiger partial charge in [-0.2, -0.15) is 0 Å². The first-order chi connectivity index (χ1) is 11.5. The normalized spacial score (nSPS) is 12.3. The lowest BCUT2D eigenvalue weighted by atomic mass is 10.2. The quantitative estimate of drug-likeness (QED) is 0.708. The van der Waals surface area contributed by atoms with Crippen LogP contribution in [-0.2, 0) is 11.8 Å². The highest BCUT2D eigenvalue weighted by Crippen LogP contribution is 2.28. The Morgan fingerprint density at radius 1 is 1.38 bits per heavy atom. The minimum Gasteiger partial charge on any atom is -0.469 e. The van der Waals surface area contributed by atoms with Gasteiger partial charge in [0.05, 0.1) is 17.1 Å². The molecule has 9 heteroatoms. The Morgan fingerprint density at radius 3 is 2.79 bits per heavy atom. The van der Waals surface area contributed by atoms with Gasteiger partial charge in [0, 0.05) is 13.1 Å². The number of carbonyl (C=O) groups is 1. The Kier molecular flexibility index (Phi) is 4.43. The molecule has 1 atom stereocenters. The summed E-state index contributed by atoms with van der Waals surface area (Å²) in [7, 11) is 1.86. The third-order valence-corrected chi connectivity index (χ3v) is 4.60. The molecule has 0 aliphatic heterocycles. The molecule has 0 bridgehead atoms. The molecule has 1 N–H and O–H groups in total. The fourth-order valence-corrected chi connectivity index (χ4v) is 2.95. The summed E-state index contributed by atoms with van der Waals surface area (Å²) in [6, 6.07) is 3.51. The molecular weight excluding hydrogens is 330 g/mol. The summed E-state index contributed by atoms with van der Waals surface area (Å²) in [4.78, 5) is 12.2. The van der Waals surface area contributed by atoms with Crippen molar-refractivity contribution in [2.75, 3.05) is 5.32 Å². The number of furan rings is 1. The summed E-state index contributed by atoms with van der Waals surface area (Å²) >= 11 is 1.32. The molecule has 0 spiro atoms. The average Bonchev–Trinajstić information content (AvgIpc) is 3.22. The van der Waals surface area contributed by atoms with Crippen LogP contribution in [0.1, 0.15) is 18.4 Å². The molecule has 8 nitrogen and oxygen atoms in total. The van der Waals surface area contributed by atoms with Crippen LogP contribution in [-0.4, -0.2) is 31.1 Å². The van der Waals surface area contributed by atoms with E-state index >= 15 is 0 Å². The van der Waals surface area contributed by atoms with Crippen LogP contribution in [0.3, 0.4) is 0 Å². The van der Waals surface area contributed by atoms with E-state index in [1.807, 2.05) is 24.6 Å². The number of amides is 1. The van der Waals surface area contributed by atoms with Gasteiger partial charge in [0.15, 0.2) is 16.8 Å². The second-order valence-electron chi connectivity index (χ2n) is 5.33. The van der Waals surface area contributed by atoms with Crippen molar-refractivity contribution in [2.45, 2.75) is 31.2 Å². The molecule has 0 fully saturated rings. The lowest BCUT2D eigenvalue weighted by molar-refractivity contribution is -0.115. The molecule has 0 radical (unpaired) electrons. The van der Waals surface area contributed by atoms with Crippen molar-refractivity contribution in [1.29, 1.82) is 0 Å². The zero-order valence-electron chi connectivity index (χ0n) is 13.7. The van der Waals surface area contributed by atoms with Crippen LogP contribution in [0, 0.1) is 13.8 Å². The van der Waals surface area contributed by atoms with Gasteiger partial charge in [0.2, 0.25) is 5.91 Å². The maximum Gasteiger partial charge on any atom is 0.238 e. The van der Waals surface area contributed by atoms with Gasteiger partial charge in [-0.1, -0.05) is 16.9 Å². The van der Waals surface area contributed by atoms with Gasteiger partial charge >= 0.3 is 0 Å². The van der Waals surface area contributed by atoms with E-state index in [1.54, 1.807) is 26.2 Å². The van der Waals surface area contributed by atoms with Crippen LogP contribution in [0.25, 0.3) is 11.4 Å². The Bertz CT molecular complexity index is 866. The molecular formula is C15H17N5O3S. The molecule has 0 saturated carbocycles. The van der Waals surface area contributed by atoms with Crippen molar-refractivity contribution >= 4 is 23.5 Å². The Morgan fingerprint density at radius 2 is 2.17 bits per heavy atom. The summed E-state index contributed by atoms with van der Waals surface area (Å²) in [6.07, 6.45) is 1.61. The zero-order chi connectivity index (χ0) is 17.3. The van der Waals surface area contributed by atoms with Gasteiger partial charge in [0.25, 0.3) is 0 Å². The second-order valence-corrected chi connectivity index (χ2v) is 6.64. The highest BCUT2D eigenvalue weighted by Gasteiger charge is 2.21. The predicted molar refractivity (Wildman–Crippen MR) is 88.6 cm³/mol. The van der Waals surface area contributed by atoms with Gasteiger partial charge < -0.3 is 18.8 Å². The molecule has 3 rings (SSSR count). The summed E-state index contributed by atoms with van der Waals surface area (Å²) in [5.74, 6) is 2.33. The lowest BCUT2D eigenvalue weighted by Crippen LogP contribution is -2.23. The molecule has 3 heterocycles. The Balaban J connectivity index is 1.71. The number of nitrogens with zero attached hydrogens (tertiary/aromatic N) is 4. The van der Waals surface area contributed by atoms with Gasteiger partial charge in [-0.25, -0.2) is 0 Å². The van der Waals surface area contributed by atoms with Crippen LogP contribution in [0.5, 0.6) is 0 Å². The highest BCUT2D eigenvalue weighted by atomic mass is 32.2. The molecule has 1 amide bonds. The monoisotopic (exact) mass is 347 g/mol.